The van der Waals surface area contributed by atoms with Gasteiger partial charge in [0.2, 0.25) is 0 Å². The van der Waals surface area contributed by atoms with Crippen LogP contribution in [0, 0.1) is 27.7 Å². The van der Waals surface area contributed by atoms with E-state index >= 15 is 0 Å². The molecular weight excluding hydrogens is 222 g/mol. The lowest BCUT2D eigenvalue weighted by Gasteiger charge is -2.12. The van der Waals surface area contributed by atoms with Crippen molar-refractivity contribution in [2.45, 2.75) is 40.2 Å². The first-order valence-corrected chi connectivity index (χ1v) is 6.35. The van der Waals surface area contributed by atoms with Gasteiger partial charge < -0.3 is 10.2 Å². The predicted octanol–water partition coefficient (Wildman–Crippen LogP) is 3.76. The largest absolute Gasteiger partial charge is 0.466 e. The molecule has 96 valence electrons. The van der Waals surface area contributed by atoms with E-state index in [9.17, 15) is 0 Å². The van der Waals surface area contributed by atoms with Gasteiger partial charge in [0.25, 0.3) is 0 Å². The summed E-state index contributed by atoms with van der Waals surface area (Å²) in [5.74, 6) is 1.86. The molecule has 1 unspecified atom stereocenters. The number of rotatable bonds is 3. The number of benzene rings is 1. The first-order chi connectivity index (χ1) is 8.45. The maximum Gasteiger partial charge on any atom is 0.105 e. The Bertz CT molecular complexity index is 534. The van der Waals surface area contributed by atoms with Crippen molar-refractivity contribution in [3.8, 4) is 0 Å². The summed E-state index contributed by atoms with van der Waals surface area (Å²) < 4.78 is 5.54. The maximum atomic E-state index is 6.28. The predicted molar refractivity (Wildman–Crippen MR) is 74.7 cm³/mol. The molecule has 1 heterocycles. The summed E-state index contributed by atoms with van der Waals surface area (Å²) in [5.41, 5.74) is 11.3. The van der Waals surface area contributed by atoms with Gasteiger partial charge in [0.1, 0.15) is 11.5 Å². The van der Waals surface area contributed by atoms with Gasteiger partial charge >= 0.3 is 0 Å². The zero-order valence-corrected chi connectivity index (χ0v) is 11.6. The van der Waals surface area contributed by atoms with Crippen molar-refractivity contribution >= 4 is 0 Å². The molecule has 0 bridgehead atoms. The van der Waals surface area contributed by atoms with Crippen LogP contribution in [-0.2, 0) is 6.42 Å². The van der Waals surface area contributed by atoms with Crippen LogP contribution >= 0.6 is 0 Å². The molecule has 0 spiro atoms. The summed E-state index contributed by atoms with van der Waals surface area (Å²) >= 11 is 0. The Morgan fingerprint density at radius 1 is 1.00 bits per heavy atom. The van der Waals surface area contributed by atoms with Gasteiger partial charge in [-0.25, -0.2) is 0 Å². The van der Waals surface area contributed by atoms with E-state index < -0.39 is 0 Å². The lowest BCUT2D eigenvalue weighted by molar-refractivity contribution is 0.497. The molecule has 2 aromatic rings. The van der Waals surface area contributed by atoms with Gasteiger partial charge in [-0.15, -0.1) is 0 Å². The monoisotopic (exact) mass is 243 g/mol. The minimum Gasteiger partial charge on any atom is -0.466 e. The molecule has 2 nitrogen and oxygen atoms in total. The highest BCUT2D eigenvalue weighted by atomic mass is 16.3. The fourth-order valence-corrected chi connectivity index (χ4v) is 2.57. The first-order valence-electron chi connectivity index (χ1n) is 6.35. The van der Waals surface area contributed by atoms with Crippen LogP contribution in [0.2, 0.25) is 0 Å². The second kappa shape index (κ2) is 4.99. The molecule has 0 aliphatic heterocycles. The van der Waals surface area contributed by atoms with Crippen molar-refractivity contribution < 1.29 is 4.42 Å². The summed E-state index contributed by atoms with van der Waals surface area (Å²) in [6, 6.07) is 8.64. The molecule has 1 aromatic carbocycles. The summed E-state index contributed by atoms with van der Waals surface area (Å²) in [5, 5.41) is 0. The Balaban J connectivity index is 2.20. The molecule has 1 atom stereocenters. The van der Waals surface area contributed by atoms with Crippen LogP contribution in [0.25, 0.3) is 0 Å². The van der Waals surface area contributed by atoms with E-state index in [1.807, 2.05) is 19.9 Å². The Labute approximate surface area is 109 Å². The summed E-state index contributed by atoms with van der Waals surface area (Å²) in [7, 11) is 0. The van der Waals surface area contributed by atoms with Crippen molar-refractivity contribution in [2.75, 3.05) is 0 Å². The molecule has 2 N–H and O–H groups in total. The van der Waals surface area contributed by atoms with Crippen LogP contribution in [0.3, 0.4) is 0 Å². The van der Waals surface area contributed by atoms with Crippen LogP contribution in [0.15, 0.2) is 28.7 Å². The number of hydrogen-bond donors (Lipinski definition) is 1. The van der Waals surface area contributed by atoms with E-state index in [1.54, 1.807) is 0 Å². The van der Waals surface area contributed by atoms with Crippen LogP contribution in [0.4, 0.5) is 0 Å². The zero-order chi connectivity index (χ0) is 13.3. The van der Waals surface area contributed by atoms with Crippen LogP contribution in [0.5, 0.6) is 0 Å². The summed E-state index contributed by atoms with van der Waals surface area (Å²) in [6.07, 6.45) is 0.850. The second-order valence-electron chi connectivity index (χ2n) is 5.18. The Morgan fingerprint density at radius 3 is 2.11 bits per heavy atom. The Kier molecular flexibility index (Phi) is 3.58. The van der Waals surface area contributed by atoms with E-state index in [4.69, 9.17) is 10.2 Å². The Morgan fingerprint density at radius 2 is 1.61 bits per heavy atom. The molecule has 0 saturated heterocycles. The second-order valence-corrected chi connectivity index (χ2v) is 5.18. The van der Waals surface area contributed by atoms with Gasteiger partial charge in [0.05, 0.1) is 0 Å². The molecule has 1 aromatic heterocycles. The average molecular weight is 243 g/mol. The van der Waals surface area contributed by atoms with Gasteiger partial charge in [-0.3, -0.25) is 0 Å². The lowest BCUT2D eigenvalue weighted by atomic mass is 9.97. The molecule has 18 heavy (non-hydrogen) atoms. The molecular formula is C16H21NO. The third-order valence-electron chi connectivity index (χ3n) is 3.22. The van der Waals surface area contributed by atoms with Crippen molar-refractivity contribution in [3.63, 3.8) is 0 Å². The van der Waals surface area contributed by atoms with Gasteiger partial charge in [0.15, 0.2) is 0 Å². The molecule has 0 saturated carbocycles. The van der Waals surface area contributed by atoms with E-state index in [1.165, 1.54) is 16.7 Å². The molecule has 0 radical (unpaired) electrons. The fraction of sp³-hybridized carbons (Fsp3) is 0.375. The Hall–Kier alpha value is -1.54. The zero-order valence-electron chi connectivity index (χ0n) is 11.6. The van der Waals surface area contributed by atoms with E-state index in [0.717, 1.165) is 23.5 Å². The van der Waals surface area contributed by atoms with E-state index in [-0.39, 0.29) is 6.04 Å². The maximum absolute atomic E-state index is 6.28. The highest BCUT2D eigenvalue weighted by Crippen LogP contribution is 2.23. The first kappa shape index (κ1) is 12.9. The van der Waals surface area contributed by atoms with Crippen LogP contribution < -0.4 is 5.73 Å². The van der Waals surface area contributed by atoms with Crippen molar-refractivity contribution in [1.82, 2.24) is 0 Å². The topological polar surface area (TPSA) is 39.2 Å². The molecule has 0 aliphatic carbocycles. The van der Waals surface area contributed by atoms with Crippen molar-refractivity contribution in [2.24, 2.45) is 5.73 Å². The SMILES string of the molecule is Cc1cc(C)cc(CC(N)c2cc(C)oc2C)c1. The standard InChI is InChI=1S/C16H21NO/c1-10-5-11(2)7-14(6-10)9-16(17)15-8-12(3)18-13(15)4/h5-8,16H,9,17H2,1-4H3. The lowest BCUT2D eigenvalue weighted by Crippen LogP contribution is -2.13. The van der Waals surface area contributed by atoms with Gasteiger partial charge in [-0.2, -0.15) is 0 Å². The number of hydrogen-bond acceptors (Lipinski definition) is 2. The van der Waals surface area contributed by atoms with Crippen LogP contribution in [0.1, 0.15) is 39.8 Å². The number of furan rings is 1. The third kappa shape index (κ3) is 2.82. The van der Waals surface area contributed by atoms with Crippen molar-refractivity contribution in [1.29, 1.82) is 0 Å². The van der Waals surface area contributed by atoms with Gasteiger partial charge in [-0.05, 0) is 45.7 Å². The molecule has 0 amide bonds. The minimum atomic E-state index is 0.00338. The minimum absolute atomic E-state index is 0.00338. The smallest absolute Gasteiger partial charge is 0.105 e. The third-order valence-corrected chi connectivity index (χ3v) is 3.22. The van der Waals surface area contributed by atoms with E-state index in [0.29, 0.717) is 0 Å². The normalized spacial score (nSPS) is 12.7. The quantitative estimate of drug-likeness (QED) is 0.891. The fourth-order valence-electron chi connectivity index (χ4n) is 2.57. The van der Waals surface area contributed by atoms with Gasteiger partial charge in [0, 0.05) is 11.6 Å². The number of aryl methyl sites for hydroxylation is 4. The van der Waals surface area contributed by atoms with E-state index in [2.05, 4.69) is 32.0 Å². The van der Waals surface area contributed by atoms with Gasteiger partial charge in [-0.1, -0.05) is 29.3 Å². The van der Waals surface area contributed by atoms with Crippen LogP contribution in [-0.4, -0.2) is 0 Å². The highest BCUT2D eigenvalue weighted by molar-refractivity contribution is 5.31. The summed E-state index contributed by atoms with van der Waals surface area (Å²) in [6.45, 7) is 8.17. The molecule has 0 fully saturated rings. The number of nitrogens with two attached hydrogens (primary N) is 1. The average Bonchev–Trinajstić information content (AvgIpc) is 2.56. The summed E-state index contributed by atoms with van der Waals surface area (Å²) in [4.78, 5) is 0. The molecule has 0 aliphatic rings. The molecule has 2 heteroatoms. The van der Waals surface area contributed by atoms with Crippen molar-refractivity contribution in [3.05, 3.63) is 58.0 Å². The highest BCUT2D eigenvalue weighted by Gasteiger charge is 2.13. The molecule has 2 rings (SSSR count).